The van der Waals surface area contributed by atoms with Crippen LogP contribution in [0.15, 0.2) is 47.4 Å². The molecule has 0 aliphatic carbocycles. The van der Waals surface area contributed by atoms with Gasteiger partial charge in [-0.3, -0.25) is 0 Å². The van der Waals surface area contributed by atoms with Crippen molar-refractivity contribution in [3.05, 3.63) is 58.9 Å². The average molecular weight is 413 g/mol. The predicted octanol–water partition coefficient (Wildman–Crippen LogP) is 5.54. The molecule has 0 aliphatic rings. The van der Waals surface area contributed by atoms with Crippen LogP contribution in [0.25, 0.3) is 23.1 Å². The third kappa shape index (κ3) is 5.71. The van der Waals surface area contributed by atoms with E-state index in [-0.39, 0.29) is 0 Å². The first-order valence-corrected chi connectivity index (χ1v) is 10.8. The molecule has 0 atom stereocenters. The van der Waals surface area contributed by atoms with Gasteiger partial charge in [-0.1, -0.05) is 29.8 Å². The molecule has 28 heavy (non-hydrogen) atoms. The van der Waals surface area contributed by atoms with Crippen molar-refractivity contribution < 1.29 is 0 Å². The number of nitrogens with one attached hydrogen (secondary N) is 1. The van der Waals surface area contributed by atoms with Gasteiger partial charge in [-0.25, -0.2) is 9.97 Å². The summed E-state index contributed by atoms with van der Waals surface area (Å²) in [6, 6.07) is 14.2. The van der Waals surface area contributed by atoms with Gasteiger partial charge in [-0.15, -0.1) is 11.8 Å². The molecule has 0 spiro atoms. The summed E-state index contributed by atoms with van der Waals surface area (Å²) in [5.41, 5.74) is 2.00. The number of fused-ring (bicyclic) bond motifs is 1. The minimum absolute atomic E-state index is 0.680. The number of rotatable bonds is 8. The molecule has 4 nitrogen and oxygen atoms in total. The Morgan fingerprint density at radius 2 is 1.86 bits per heavy atom. The molecule has 0 unspecified atom stereocenters. The molecule has 6 heteroatoms. The molecule has 0 fully saturated rings. The Bertz CT molecular complexity index is 955. The van der Waals surface area contributed by atoms with Crippen LogP contribution in [0.3, 0.4) is 0 Å². The van der Waals surface area contributed by atoms with Gasteiger partial charge in [0.1, 0.15) is 5.82 Å². The zero-order valence-corrected chi connectivity index (χ0v) is 18.0. The Balaban J connectivity index is 1.85. The van der Waals surface area contributed by atoms with Crippen molar-refractivity contribution in [2.24, 2.45) is 0 Å². The van der Waals surface area contributed by atoms with Crippen molar-refractivity contribution in [1.29, 1.82) is 0 Å². The first-order chi connectivity index (χ1) is 13.5. The van der Waals surface area contributed by atoms with Gasteiger partial charge in [0.25, 0.3) is 0 Å². The van der Waals surface area contributed by atoms with Crippen LogP contribution in [-0.2, 0) is 0 Å². The standard InChI is InChI=1S/C22H25ClN4S/c1-27(2)14-4-13-24-22-19-15-17(23)8-11-20(19)25-21(26-22)12-7-16-5-9-18(28-3)10-6-16/h5-12,15H,4,13-14H2,1-3H3,(H,24,25,26). The fraction of sp³-hybridized carbons (Fsp3) is 0.273. The number of halogens is 1. The molecule has 2 aromatic carbocycles. The van der Waals surface area contributed by atoms with E-state index in [0.29, 0.717) is 10.8 Å². The lowest BCUT2D eigenvalue weighted by Crippen LogP contribution is -2.17. The Kier molecular flexibility index (Phi) is 7.31. The average Bonchev–Trinajstić information content (AvgIpc) is 2.70. The van der Waals surface area contributed by atoms with E-state index in [4.69, 9.17) is 16.6 Å². The summed E-state index contributed by atoms with van der Waals surface area (Å²) in [7, 11) is 4.16. The molecule has 1 N–H and O–H groups in total. The van der Waals surface area contributed by atoms with Crippen molar-refractivity contribution >= 4 is 52.2 Å². The minimum atomic E-state index is 0.680. The Morgan fingerprint density at radius 3 is 2.57 bits per heavy atom. The lowest BCUT2D eigenvalue weighted by atomic mass is 10.2. The zero-order chi connectivity index (χ0) is 19.9. The maximum atomic E-state index is 6.19. The fourth-order valence-electron chi connectivity index (χ4n) is 2.82. The number of hydrogen-bond acceptors (Lipinski definition) is 5. The van der Waals surface area contributed by atoms with E-state index in [9.17, 15) is 0 Å². The van der Waals surface area contributed by atoms with Gasteiger partial charge in [-0.2, -0.15) is 0 Å². The second kappa shape index (κ2) is 9.92. The van der Waals surface area contributed by atoms with Gasteiger partial charge in [-0.05, 0) is 75.3 Å². The summed E-state index contributed by atoms with van der Waals surface area (Å²) in [4.78, 5) is 12.8. The van der Waals surface area contributed by atoms with Crippen LogP contribution in [0.5, 0.6) is 0 Å². The van der Waals surface area contributed by atoms with Gasteiger partial charge >= 0.3 is 0 Å². The largest absolute Gasteiger partial charge is 0.369 e. The maximum absolute atomic E-state index is 6.19. The van der Waals surface area contributed by atoms with Crippen LogP contribution >= 0.6 is 23.4 Å². The number of anilines is 1. The van der Waals surface area contributed by atoms with Crippen molar-refractivity contribution in [2.45, 2.75) is 11.3 Å². The summed E-state index contributed by atoms with van der Waals surface area (Å²) < 4.78 is 0. The summed E-state index contributed by atoms with van der Waals surface area (Å²) in [5.74, 6) is 1.50. The fourth-order valence-corrected chi connectivity index (χ4v) is 3.40. The second-order valence-electron chi connectivity index (χ2n) is 6.78. The van der Waals surface area contributed by atoms with E-state index in [2.05, 4.69) is 59.8 Å². The number of benzene rings is 2. The molecule has 1 heterocycles. The Morgan fingerprint density at radius 1 is 1.07 bits per heavy atom. The van der Waals surface area contributed by atoms with Crippen LogP contribution in [0.2, 0.25) is 5.02 Å². The third-order valence-corrected chi connectivity index (χ3v) is 5.27. The highest BCUT2D eigenvalue weighted by Crippen LogP contribution is 2.25. The van der Waals surface area contributed by atoms with E-state index in [1.807, 2.05) is 30.4 Å². The normalized spacial score (nSPS) is 11.6. The molecule has 146 valence electrons. The molecule has 0 saturated carbocycles. The maximum Gasteiger partial charge on any atom is 0.154 e. The molecule has 0 radical (unpaired) electrons. The SMILES string of the molecule is CSc1ccc(C=Cc2nc(NCCCN(C)C)c3cc(Cl)ccc3n2)cc1. The van der Waals surface area contributed by atoms with Crippen LogP contribution in [0.1, 0.15) is 17.8 Å². The second-order valence-corrected chi connectivity index (χ2v) is 8.10. The van der Waals surface area contributed by atoms with Gasteiger partial charge in [0.15, 0.2) is 5.82 Å². The summed E-state index contributed by atoms with van der Waals surface area (Å²) in [5, 5.41) is 5.08. The summed E-state index contributed by atoms with van der Waals surface area (Å²) in [6.07, 6.45) is 7.10. The minimum Gasteiger partial charge on any atom is -0.369 e. The van der Waals surface area contributed by atoms with Crippen molar-refractivity contribution in [3.63, 3.8) is 0 Å². The van der Waals surface area contributed by atoms with Crippen LogP contribution < -0.4 is 5.32 Å². The molecule has 3 rings (SSSR count). The van der Waals surface area contributed by atoms with Gasteiger partial charge in [0, 0.05) is 21.8 Å². The topological polar surface area (TPSA) is 41.1 Å². The molecular weight excluding hydrogens is 388 g/mol. The number of aromatic nitrogens is 2. The zero-order valence-electron chi connectivity index (χ0n) is 16.4. The number of thioether (sulfide) groups is 1. The molecule has 1 aromatic heterocycles. The highest BCUT2D eigenvalue weighted by molar-refractivity contribution is 7.98. The highest BCUT2D eigenvalue weighted by Gasteiger charge is 2.07. The van der Waals surface area contributed by atoms with E-state index < -0.39 is 0 Å². The molecule has 0 aliphatic heterocycles. The van der Waals surface area contributed by atoms with Gasteiger partial charge in [0.2, 0.25) is 0 Å². The number of nitrogens with zero attached hydrogens (tertiary/aromatic N) is 3. The molecule has 3 aromatic rings. The first kappa shape index (κ1) is 20.6. The smallest absolute Gasteiger partial charge is 0.154 e. The summed E-state index contributed by atoms with van der Waals surface area (Å²) >= 11 is 7.93. The quantitative estimate of drug-likeness (QED) is 0.388. The van der Waals surface area contributed by atoms with E-state index in [1.54, 1.807) is 11.8 Å². The Hall–Kier alpha value is -2.08. The van der Waals surface area contributed by atoms with Crippen molar-refractivity contribution in [2.75, 3.05) is 38.8 Å². The van der Waals surface area contributed by atoms with Crippen LogP contribution in [0.4, 0.5) is 5.82 Å². The highest BCUT2D eigenvalue weighted by atomic mass is 35.5. The van der Waals surface area contributed by atoms with E-state index in [0.717, 1.165) is 41.8 Å². The lowest BCUT2D eigenvalue weighted by molar-refractivity contribution is 0.405. The third-order valence-electron chi connectivity index (χ3n) is 4.29. The van der Waals surface area contributed by atoms with Crippen molar-refractivity contribution in [3.8, 4) is 0 Å². The van der Waals surface area contributed by atoms with E-state index in [1.165, 1.54) is 4.90 Å². The molecule has 0 amide bonds. The molecular formula is C22H25ClN4S. The van der Waals surface area contributed by atoms with Gasteiger partial charge < -0.3 is 10.2 Å². The van der Waals surface area contributed by atoms with E-state index >= 15 is 0 Å². The predicted molar refractivity (Wildman–Crippen MR) is 123 cm³/mol. The van der Waals surface area contributed by atoms with Crippen LogP contribution in [-0.4, -0.2) is 48.3 Å². The lowest BCUT2D eigenvalue weighted by Gasteiger charge is -2.12. The monoisotopic (exact) mass is 412 g/mol. The summed E-state index contributed by atoms with van der Waals surface area (Å²) in [6.45, 7) is 1.87. The molecule has 0 bridgehead atoms. The first-order valence-electron chi connectivity index (χ1n) is 9.23. The number of hydrogen-bond donors (Lipinski definition) is 1. The van der Waals surface area contributed by atoms with Gasteiger partial charge in [0.05, 0.1) is 5.52 Å². The Labute approximate surface area is 176 Å². The van der Waals surface area contributed by atoms with Crippen LogP contribution in [0, 0.1) is 0 Å². The molecule has 0 saturated heterocycles. The van der Waals surface area contributed by atoms with Crippen molar-refractivity contribution in [1.82, 2.24) is 14.9 Å².